The predicted octanol–water partition coefficient (Wildman–Crippen LogP) is 1.98. The number of esters is 1. The molecule has 0 aliphatic carbocycles. The largest absolute Gasteiger partial charge is 0.469 e. The van der Waals surface area contributed by atoms with E-state index >= 15 is 0 Å². The highest BCUT2D eigenvalue weighted by Gasteiger charge is 2.05. The molecule has 0 atom stereocenters. The lowest BCUT2D eigenvalue weighted by molar-refractivity contribution is -0.139. The van der Waals surface area contributed by atoms with Crippen molar-refractivity contribution in [3.05, 3.63) is 35.4 Å². The monoisotopic (exact) mass is 270 g/mol. The fourth-order valence-electron chi connectivity index (χ4n) is 1.12. The number of hydrogen-bond donors (Lipinski definition) is 0. The van der Waals surface area contributed by atoms with Crippen molar-refractivity contribution in [1.29, 1.82) is 0 Å². The van der Waals surface area contributed by atoms with Gasteiger partial charge in [0.25, 0.3) is 0 Å². The second-order valence-electron chi connectivity index (χ2n) is 3.01. The van der Waals surface area contributed by atoms with E-state index in [0.717, 1.165) is 5.56 Å². The third-order valence-electron chi connectivity index (χ3n) is 1.97. The summed E-state index contributed by atoms with van der Waals surface area (Å²) < 4.78 is 4.54. The van der Waals surface area contributed by atoms with Gasteiger partial charge in [-0.3, -0.25) is 9.59 Å². The average molecular weight is 271 g/mol. The molecule has 1 aromatic carbocycles. The third kappa shape index (κ3) is 3.47. The summed E-state index contributed by atoms with van der Waals surface area (Å²) in [6, 6.07) is 6.93. The van der Waals surface area contributed by atoms with E-state index in [1.165, 1.54) is 7.11 Å². The summed E-state index contributed by atoms with van der Waals surface area (Å²) in [7, 11) is 1.35. The minimum Gasteiger partial charge on any atom is -0.469 e. The van der Waals surface area contributed by atoms with Gasteiger partial charge in [0.15, 0.2) is 5.78 Å². The SMILES string of the molecule is COC(=O)Cc1ccc(C(=O)CBr)cc1. The van der Waals surface area contributed by atoms with Crippen molar-refractivity contribution in [2.75, 3.05) is 12.4 Å². The van der Waals surface area contributed by atoms with Crippen LogP contribution in [0.2, 0.25) is 0 Å². The molecule has 0 spiro atoms. The fourth-order valence-corrected chi connectivity index (χ4v) is 1.45. The second-order valence-corrected chi connectivity index (χ2v) is 3.57. The number of benzene rings is 1. The first-order chi connectivity index (χ1) is 7.17. The average Bonchev–Trinajstić information content (AvgIpc) is 2.29. The molecule has 80 valence electrons. The molecule has 0 N–H and O–H groups in total. The Bertz CT molecular complexity index is 357. The topological polar surface area (TPSA) is 43.4 Å². The van der Waals surface area contributed by atoms with Crippen molar-refractivity contribution in [1.82, 2.24) is 0 Å². The lowest BCUT2D eigenvalue weighted by Gasteiger charge is -2.01. The van der Waals surface area contributed by atoms with Gasteiger partial charge in [-0.1, -0.05) is 40.2 Å². The van der Waals surface area contributed by atoms with Crippen LogP contribution in [-0.4, -0.2) is 24.2 Å². The first kappa shape index (κ1) is 11.9. The van der Waals surface area contributed by atoms with Crippen LogP contribution in [0, 0.1) is 0 Å². The van der Waals surface area contributed by atoms with Crippen molar-refractivity contribution in [2.45, 2.75) is 6.42 Å². The predicted molar refractivity (Wildman–Crippen MR) is 60.3 cm³/mol. The molecule has 0 fully saturated rings. The Balaban J connectivity index is 2.72. The number of methoxy groups -OCH3 is 1. The minimum absolute atomic E-state index is 0.0274. The molecular formula is C11H11BrO3. The molecule has 0 saturated heterocycles. The van der Waals surface area contributed by atoms with Crippen LogP contribution in [0.15, 0.2) is 24.3 Å². The summed E-state index contributed by atoms with van der Waals surface area (Å²) >= 11 is 3.10. The zero-order chi connectivity index (χ0) is 11.3. The van der Waals surface area contributed by atoms with Crippen LogP contribution < -0.4 is 0 Å². The third-order valence-corrected chi connectivity index (χ3v) is 2.48. The number of ether oxygens (including phenoxy) is 1. The van der Waals surface area contributed by atoms with Gasteiger partial charge in [-0.05, 0) is 5.56 Å². The molecule has 0 aromatic heterocycles. The maximum Gasteiger partial charge on any atom is 0.309 e. The Hall–Kier alpha value is -1.16. The van der Waals surface area contributed by atoms with Crippen molar-refractivity contribution in [2.24, 2.45) is 0 Å². The van der Waals surface area contributed by atoms with Crippen molar-refractivity contribution >= 4 is 27.7 Å². The minimum atomic E-state index is -0.283. The van der Waals surface area contributed by atoms with Crippen LogP contribution in [-0.2, 0) is 16.0 Å². The van der Waals surface area contributed by atoms with Gasteiger partial charge >= 0.3 is 5.97 Å². The zero-order valence-corrected chi connectivity index (χ0v) is 9.91. The number of Topliss-reactive ketones (excluding diaryl/α,β-unsaturated/α-hetero) is 1. The highest BCUT2D eigenvalue weighted by molar-refractivity contribution is 9.09. The van der Waals surface area contributed by atoms with Gasteiger partial charge < -0.3 is 4.74 Å². The maximum atomic E-state index is 11.3. The van der Waals surface area contributed by atoms with E-state index in [-0.39, 0.29) is 18.2 Å². The molecule has 0 amide bonds. The number of carbonyl (C=O) groups is 2. The molecule has 4 heteroatoms. The van der Waals surface area contributed by atoms with E-state index in [1.54, 1.807) is 24.3 Å². The first-order valence-electron chi connectivity index (χ1n) is 4.42. The molecule has 0 radical (unpaired) electrons. The fraction of sp³-hybridized carbons (Fsp3) is 0.273. The number of rotatable bonds is 4. The summed E-state index contributed by atoms with van der Waals surface area (Å²) in [6.45, 7) is 0. The Morgan fingerprint density at radius 2 is 1.87 bits per heavy atom. The van der Waals surface area contributed by atoms with Crippen LogP contribution in [0.4, 0.5) is 0 Å². The summed E-state index contributed by atoms with van der Waals surface area (Å²) in [6.07, 6.45) is 0.235. The van der Waals surface area contributed by atoms with E-state index in [4.69, 9.17) is 0 Å². The van der Waals surface area contributed by atoms with E-state index < -0.39 is 0 Å². The van der Waals surface area contributed by atoms with Gasteiger partial charge in [-0.25, -0.2) is 0 Å². The van der Waals surface area contributed by atoms with Gasteiger partial charge in [-0.2, -0.15) is 0 Å². The summed E-state index contributed by atoms with van der Waals surface area (Å²) in [4.78, 5) is 22.2. The Morgan fingerprint density at radius 3 is 2.33 bits per heavy atom. The van der Waals surface area contributed by atoms with Gasteiger partial charge in [0.05, 0.1) is 18.9 Å². The molecule has 3 nitrogen and oxygen atoms in total. The normalized spacial score (nSPS) is 9.73. The molecule has 0 aliphatic rings. The van der Waals surface area contributed by atoms with Crippen LogP contribution in [0.5, 0.6) is 0 Å². The highest BCUT2D eigenvalue weighted by atomic mass is 79.9. The van der Waals surface area contributed by atoms with Gasteiger partial charge in [0.1, 0.15) is 0 Å². The summed E-state index contributed by atoms with van der Waals surface area (Å²) in [5.41, 5.74) is 1.48. The molecule has 0 unspecified atom stereocenters. The van der Waals surface area contributed by atoms with Crippen LogP contribution >= 0.6 is 15.9 Å². The molecule has 0 aliphatic heterocycles. The number of halogens is 1. The second kappa shape index (κ2) is 5.66. The zero-order valence-electron chi connectivity index (χ0n) is 8.33. The standard InChI is InChI=1S/C11H11BrO3/c1-15-11(14)6-8-2-4-9(5-3-8)10(13)7-12/h2-5H,6-7H2,1H3. The molecule has 1 aromatic rings. The lowest BCUT2D eigenvalue weighted by atomic mass is 10.1. The first-order valence-corrected chi connectivity index (χ1v) is 5.54. The van der Waals surface area contributed by atoms with E-state index in [1.807, 2.05) is 0 Å². The van der Waals surface area contributed by atoms with Gasteiger partial charge in [0.2, 0.25) is 0 Å². The number of alkyl halides is 1. The lowest BCUT2D eigenvalue weighted by Crippen LogP contribution is -2.05. The number of hydrogen-bond acceptors (Lipinski definition) is 3. The maximum absolute atomic E-state index is 11.3. The van der Waals surface area contributed by atoms with E-state index in [9.17, 15) is 9.59 Å². The van der Waals surface area contributed by atoms with Crippen LogP contribution in [0.1, 0.15) is 15.9 Å². The van der Waals surface area contributed by atoms with Crippen molar-refractivity contribution in [3.8, 4) is 0 Å². The quantitative estimate of drug-likeness (QED) is 0.478. The Kier molecular flexibility index (Phi) is 4.49. The van der Waals surface area contributed by atoms with Crippen molar-refractivity contribution < 1.29 is 14.3 Å². The smallest absolute Gasteiger partial charge is 0.309 e. The summed E-state index contributed by atoms with van der Waals surface area (Å²) in [5.74, 6) is -0.255. The Labute approximate surface area is 96.6 Å². The Morgan fingerprint density at radius 1 is 1.27 bits per heavy atom. The molecule has 1 rings (SSSR count). The van der Waals surface area contributed by atoms with Gasteiger partial charge in [0, 0.05) is 5.56 Å². The van der Waals surface area contributed by atoms with E-state index in [2.05, 4.69) is 20.7 Å². The highest BCUT2D eigenvalue weighted by Crippen LogP contribution is 2.07. The number of ketones is 1. The molecule has 0 saturated carbocycles. The van der Waals surface area contributed by atoms with Crippen LogP contribution in [0.3, 0.4) is 0 Å². The molecule has 15 heavy (non-hydrogen) atoms. The van der Waals surface area contributed by atoms with Gasteiger partial charge in [-0.15, -0.1) is 0 Å². The van der Waals surface area contributed by atoms with Crippen molar-refractivity contribution in [3.63, 3.8) is 0 Å². The molecule has 0 bridgehead atoms. The van der Waals surface area contributed by atoms with E-state index in [0.29, 0.717) is 10.9 Å². The molecule has 0 heterocycles. The van der Waals surface area contributed by atoms with Crippen LogP contribution in [0.25, 0.3) is 0 Å². The summed E-state index contributed by atoms with van der Waals surface area (Å²) in [5, 5.41) is 0.309. The number of carbonyl (C=O) groups excluding carboxylic acids is 2. The molecular weight excluding hydrogens is 260 g/mol.